The highest BCUT2D eigenvalue weighted by Crippen LogP contribution is 2.43. The van der Waals surface area contributed by atoms with E-state index in [-0.39, 0.29) is 0 Å². The Morgan fingerprint density at radius 2 is 2.12 bits per heavy atom. The third-order valence-corrected chi connectivity index (χ3v) is 3.12. The van der Waals surface area contributed by atoms with Gasteiger partial charge >= 0.3 is 0 Å². The normalized spacial score (nSPS) is 35.2. The summed E-state index contributed by atoms with van der Waals surface area (Å²) in [5.41, 5.74) is 0. The molecule has 1 aliphatic heterocycles. The average Bonchev–Trinajstić information content (AvgIpc) is 2.42. The van der Waals surface area contributed by atoms with Gasteiger partial charge in [0.2, 0.25) is 0 Å². The molecule has 1 rings (SSSR count). The van der Waals surface area contributed by atoms with Gasteiger partial charge < -0.3 is 0 Å². The van der Waals surface area contributed by atoms with Gasteiger partial charge in [0, 0.05) is 10.5 Å². The van der Waals surface area contributed by atoms with Gasteiger partial charge in [0.05, 0.1) is 0 Å². The number of hydrogen-bond donors (Lipinski definition) is 0. The molecule has 1 heterocycles. The molecular formula is C7H14S. The van der Waals surface area contributed by atoms with Crippen LogP contribution in [0.4, 0.5) is 0 Å². The van der Waals surface area contributed by atoms with Crippen LogP contribution < -0.4 is 0 Å². The van der Waals surface area contributed by atoms with E-state index in [9.17, 15) is 0 Å². The first-order valence-corrected chi connectivity index (χ1v) is 4.44. The van der Waals surface area contributed by atoms with Crippen LogP contribution in [0.15, 0.2) is 0 Å². The van der Waals surface area contributed by atoms with Crippen LogP contribution in [-0.4, -0.2) is 10.5 Å². The molecule has 0 saturated carbocycles. The summed E-state index contributed by atoms with van der Waals surface area (Å²) < 4.78 is 0. The third kappa shape index (κ3) is 1.70. The van der Waals surface area contributed by atoms with Gasteiger partial charge in [-0.1, -0.05) is 26.7 Å². The van der Waals surface area contributed by atoms with Crippen molar-refractivity contribution < 1.29 is 0 Å². The van der Waals surface area contributed by atoms with E-state index in [1.165, 1.54) is 19.3 Å². The quantitative estimate of drug-likeness (QED) is 0.529. The first kappa shape index (κ1) is 6.47. The highest BCUT2D eigenvalue weighted by atomic mass is 32.2. The van der Waals surface area contributed by atoms with E-state index in [4.69, 9.17) is 0 Å². The lowest BCUT2D eigenvalue weighted by atomic mass is 10.2. The van der Waals surface area contributed by atoms with Crippen molar-refractivity contribution in [3.63, 3.8) is 0 Å². The molecule has 2 unspecified atom stereocenters. The van der Waals surface area contributed by atoms with Gasteiger partial charge in [0.25, 0.3) is 0 Å². The lowest BCUT2D eigenvalue weighted by molar-refractivity contribution is 0.716. The fraction of sp³-hybridized carbons (Fsp3) is 1.00. The maximum absolute atomic E-state index is 2.32. The van der Waals surface area contributed by atoms with Crippen molar-refractivity contribution in [2.75, 3.05) is 0 Å². The zero-order valence-electron chi connectivity index (χ0n) is 5.68. The summed E-state index contributed by atoms with van der Waals surface area (Å²) >= 11 is 2.13. The van der Waals surface area contributed by atoms with Crippen LogP contribution in [0.1, 0.15) is 33.1 Å². The largest absolute Gasteiger partial charge is 0.153 e. The van der Waals surface area contributed by atoms with Gasteiger partial charge in [-0.15, -0.1) is 0 Å². The molecule has 0 aliphatic carbocycles. The van der Waals surface area contributed by atoms with E-state index < -0.39 is 0 Å². The van der Waals surface area contributed by atoms with Crippen molar-refractivity contribution in [2.24, 2.45) is 0 Å². The van der Waals surface area contributed by atoms with E-state index in [1.54, 1.807) is 0 Å². The smallest absolute Gasteiger partial charge is 0.0167 e. The van der Waals surface area contributed by atoms with Crippen LogP contribution in [0.5, 0.6) is 0 Å². The fourth-order valence-electron chi connectivity index (χ4n) is 0.938. The second kappa shape index (κ2) is 2.77. The summed E-state index contributed by atoms with van der Waals surface area (Å²) in [5.74, 6) is 0. The zero-order valence-corrected chi connectivity index (χ0v) is 6.50. The number of unbranched alkanes of at least 4 members (excludes halogenated alkanes) is 1. The lowest BCUT2D eigenvalue weighted by Gasteiger charge is -1.89. The molecule has 1 saturated heterocycles. The van der Waals surface area contributed by atoms with E-state index in [2.05, 4.69) is 25.6 Å². The fourth-order valence-corrected chi connectivity index (χ4v) is 1.84. The van der Waals surface area contributed by atoms with Crippen LogP contribution in [-0.2, 0) is 0 Å². The van der Waals surface area contributed by atoms with Crippen molar-refractivity contribution in [3.05, 3.63) is 0 Å². The third-order valence-electron chi connectivity index (χ3n) is 1.68. The Bertz CT molecular complexity index is 70.8. The van der Waals surface area contributed by atoms with E-state index in [1.807, 2.05) is 0 Å². The van der Waals surface area contributed by atoms with Gasteiger partial charge in [0.15, 0.2) is 0 Å². The molecule has 0 aromatic carbocycles. The molecule has 0 N–H and O–H groups in total. The van der Waals surface area contributed by atoms with Gasteiger partial charge in [-0.05, 0) is 6.42 Å². The minimum absolute atomic E-state index is 0.988. The Hall–Kier alpha value is 0.350. The van der Waals surface area contributed by atoms with Crippen LogP contribution in [0.3, 0.4) is 0 Å². The molecule has 1 fully saturated rings. The Balaban J connectivity index is 1.89. The highest BCUT2D eigenvalue weighted by Gasteiger charge is 2.32. The molecule has 2 atom stereocenters. The Morgan fingerprint density at radius 1 is 1.50 bits per heavy atom. The van der Waals surface area contributed by atoms with Crippen molar-refractivity contribution in [3.8, 4) is 0 Å². The van der Waals surface area contributed by atoms with Gasteiger partial charge in [-0.25, -0.2) is 0 Å². The molecule has 0 aromatic rings. The molecule has 0 spiro atoms. The van der Waals surface area contributed by atoms with E-state index in [0.717, 1.165) is 10.5 Å². The molecule has 1 aliphatic rings. The molecule has 0 radical (unpaired) electrons. The first-order chi connectivity index (χ1) is 3.84. The van der Waals surface area contributed by atoms with Crippen LogP contribution in [0, 0.1) is 0 Å². The maximum atomic E-state index is 2.32. The molecule has 0 aromatic heterocycles. The van der Waals surface area contributed by atoms with Crippen molar-refractivity contribution >= 4 is 11.8 Å². The monoisotopic (exact) mass is 130 g/mol. The molecule has 48 valence electrons. The summed E-state index contributed by atoms with van der Waals surface area (Å²) in [4.78, 5) is 0. The standard InChI is InChI=1S/C7H14S/c1-3-4-5-7-6(2)8-7/h6-7H,3-5H2,1-2H3. The van der Waals surface area contributed by atoms with E-state index in [0.29, 0.717) is 0 Å². The summed E-state index contributed by atoms with van der Waals surface area (Å²) in [6.45, 7) is 4.59. The van der Waals surface area contributed by atoms with Crippen molar-refractivity contribution in [2.45, 2.75) is 43.6 Å². The van der Waals surface area contributed by atoms with Crippen LogP contribution in [0.25, 0.3) is 0 Å². The molecule has 0 bridgehead atoms. The summed E-state index contributed by atoms with van der Waals surface area (Å²) in [5, 5.41) is 2.02. The minimum Gasteiger partial charge on any atom is -0.153 e. The number of rotatable bonds is 3. The molecular weight excluding hydrogens is 116 g/mol. The van der Waals surface area contributed by atoms with Gasteiger partial charge in [-0.3, -0.25) is 0 Å². The molecule has 0 nitrogen and oxygen atoms in total. The molecule has 0 amide bonds. The second-order valence-electron chi connectivity index (χ2n) is 2.52. The summed E-state index contributed by atoms with van der Waals surface area (Å²) in [6.07, 6.45) is 4.26. The molecule has 1 heteroatoms. The predicted octanol–water partition coefficient (Wildman–Crippen LogP) is 2.68. The van der Waals surface area contributed by atoms with E-state index >= 15 is 0 Å². The zero-order chi connectivity index (χ0) is 5.98. The Morgan fingerprint density at radius 3 is 2.50 bits per heavy atom. The summed E-state index contributed by atoms with van der Waals surface area (Å²) in [7, 11) is 0. The Labute approximate surface area is 56.0 Å². The first-order valence-electron chi connectivity index (χ1n) is 3.50. The predicted molar refractivity (Wildman–Crippen MR) is 40.4 cm³/mol. The van der Waals surface area contributed by atoms with Crippen LogP contribution in [0.2, 0.25) is 0 Å². The maximum Gasteiger partial charge on any atom is 0.0167 e. The van der Waals surface area contributed by atoms with Gasteiger partial charge in [0.1, 0.15) is 0 Å². The van der Waals surface area contributed by atoms with Crippen molar-refractivity contribution in [1.29, 1.82) is 0 Å². The number of hydrogen-bond acceptors (Lipinski definition) is 1. The summed E-state index contributed by atoms with van der Waals surface area (Å²) in [6, 6.07) is 0. The highest BCUT2D eigenvalue weighted by molar-refractivity contribution is 8.07. The van der Waals surface area contributed by atoms with Crippen molar-refractivity contribution in [1.82, 2.24) is 0 Å². The molecule has 8 heavy (non-hydrogen) atoms. The Kier molecular flexibility index (Phi) is 2.24. The number of thioether (sulfide) groups is 1. The minimum atomic E-state index is 0.988. The average molecular weight is 130 g/mol. The topological polar surface area (TPSA) is 0 Å². The van der Waals surface area contributed by atoms with Gasteiger partial charge in [-0.2, -0.15) is 11.8 Å². The van der Waals surface area contributed by atoms with Crippen LogP contribution >= 0.6 is 11.8 Å². The second-order valence-corrected chi connectivity index (χ2v) is 4.14. The lowest BCUT2D eigenvalue weighted by Crippen LogP contribution is -1.86. The SMILES string of the molecule is CCCCC1SC1C.